The molecule has 1 fully saturated rings. The van der Waals surface area contributed by atoms with Crippen molar-refractivity contribution in [2.24, 2.45) is 0 Å². The molecule has 1 aliphatic heterocycles. The molecule has 4 rings (SSSR count). The molecule has 2 heterocycles. The maximum absolute atomic E-state index is 9.11. The van der Waals surface area contributed by atoms with Crippen molar-refractivity contribution in [2.45, 2.75) is 26.6 Å². The molecule has 2 aromatic carbocycles. The molecule has 0 spiro atoms. The Morgan fingerprint density at radius 1 is 1.00 bits per heavy atom. The number of aromatic nitrogens is 1. The fourth-order valence-electron chi connectivity index (χ4n) is 4.52. The highest BCUT2D eigenvalue weighted by molar-refractivity contribution is 5.31. The summed E-state index contributed by atoms with van der Waals surface area (Å²) in [7, 11) is 0. The number of hydrogen-bond donors (Lipinski definition) is 2. The van der Waals surface area contributed by atoms with E-state index in [4.69, 9.17) is 10.00 Å². The summed E-state index contributed by atoms with van der Waals surface area (Å²) in [5.74, 6) is 0. The van der Waals surface area contributed by atoms with Gasteiger partial charge in [0, 0.05) is 18.3 Å². The fourth-order valence-corrected chi connectivity index (χ4v) is 4.52. The Bertz CT molecular complexity index is 1030. The molecule has 0 bridgehead atoms. The first kappa shape index (κ1) is 22.3. The second-order valence-corrected chi connectivity index (χ2v) is 8.89. The summed E-state index contributed by atoms with van der Waals surface area (Å²) < 4.78 is 7.92. The number of morpholine rings is 1. The SMILES string of the molecule is Cc1cccc(Cn2cccc2C[NH+](CC[NH+]2CCOCC2)Cc2ccc(C#N)cc2)c1. The molecule has 1 aliphatic rings. The number of benzene rings is 2. The van der Waals surface area contributed by atoms with Crippen LogP contribution in [0, 0.1) is 18.3 Å². The Labute approximate surface area is 191 Å². The van der Waals surface area contributed by atoms with E-state index in [0.29, 0.717) is 0 Å². The molecule has 1 saturated heterocycles. The second-order valence-electron chi connectivity index (χ2n) is 8.89. The molecule has 3 aromatic rings. The largest absolute Gasteiger partial charge is 0.370 e. The molecule has 32 heavy (non-hydrogen) atoms. The minimum atomic E-state index is 0.722. The zero-order valence-corrected chi connectivity index (χ0v) is 19.0. The van der Waals surface area contributed by atoms with Crippen LogP contribution >= 0.6 is 0 Å². The van der Waals surface area contributed by atoms with E-state index in [1.807, 2.05) is 12.1 Å². The van der Waals surface area contributed by atoms with Crippen molar-refractivity contribution in [3.8, 4) is 6.07 Å². The Balaban J connectivity index is 1.46. The van der Waals surface area contributed by atoms with Crippen molar-refractivity contribution in [3.63, 3.8) is 0 Å². The van der Waals surface area contributed by atoms with E-state index in [0.717, 1.165) is 64.6 Å². The van der Waals surface area contributed by atoms with Gasteiger partial charge in [0.2, 0.25) is 0 Å². The lowest BCUT2D eigenvalue weighted by molar-refractivity contribution is -0.975. The van der Waals surface area contributed by atoms with Crippen LogP contribution in [0.5, 0.6) is 0 Å². The zero-order chi connectivity index (χ0) is 22.2. The highest BCUT2D eigenvalue weighted by atomic mass is 16.5. The summed E-state index contributed by atoms with van der Waals surface area (Å²) in [5, 5.41) is 9.11. The molecule has 0 aliphatic carbocycles. The van der Waals surface area contributed by atoms with Crippen LogP contribution < -0.4 is 9.80 Å². The topological polar surface area (TPSA) is 46.8 Å². The van der Waals surface area contributed by atoms with Crippen molar-refractivity contribution in [3.05, 3.63) is 94.8 Å². The van der Waals surface area contributed by atoms with E-state index in [2.05, 4.69) is 72.3 Å². The van der Waals surface area contributed by atoms with Crippen molar-refractivity contribution in [1.29, 1.82) is 5.26 Å². The Kier molecular flexibility index (Phi) is 7.73. The minimum absolute atomic E-state index is 0.722. The molecule has 5 nitrogen and oxygen atoms in total. The first-order chi connectivity index (χ1) is 15.7. The number of aryl methyl sites for hydroxylation is 1. The van der Waals surface area contributed by atoms with Gasteiger partial charge in [-0.25, -0.2) is 0 Å². The lowest BCUT2D eigenvalue weighted by Crippen LogP contribution is -3.20. The summed E-state index contributed by atoms with van der Waals surface area (Å²) in [6.45, 7) is 11.2. The van der Waals surface area contributed by atoms with Gasteiger partial charge in [-0.05, 0) is 36.8 Å². The van der Waals surface area contributed by atoms with E-state index in [1.54, 1.807) is 9.80 Å². The van der Waals surface area contributed by atoms with Gasteiger partial charge in [0.05, 0.1) is 30.5 Å². The highest BCUT2D eigenvalue weighted by Gasteiger charge is 2.19. The molecule has 2 N–H and O–H groups in total. The predicted octanol–water partition coefficient (Wildman–Crippen LogP) is 1.22. The fraction of sp³-hybridized carbons (Fsp3) is 0.370. The van der Waals surface area contributed by atoms with Crippen LogP contribution in [0.15, 0.2) is 66.9 Å². The monoisotopic (exact) mass is 430 g/mol. The van der Waals surface area contributed by atoms with Gasteiger partial charge in [-0.3, -0.25) is 0 Å². The van der Waals surface area contributed by atoms with Crippen LogP contribution in [0.4, 0.5) is 0 Å². The van der Waals surface area contributed by atoms with Crippen LogP contribution in [0.1, 0.15) is 27.9 Å². The average molecular weight is 431 g/mol. The van der Waals surface area contributed by atoms with Crippen molar-refractivity contribution in [1.82, 2.24) is 4.57 Å². The zero-order valence-electron chi connectivity index (χ0n) is 19.0. The Hall–Kier alpha value is -2.91. The predicted molar refractivity (Wildman–Crippen MR) is 125 cm³/mol. The molecule has 0 radical (unpaired) electrons. The molecular formula is C27H34N4O+2. The second kappa shape index (κ2) is 11.1. The first-order valence-electron chi connectivity index (χ1n) is 11.6. The van der Waals surface area contributed by atoms with Gasteiger partial charge < -0.3 is 19.1 Å². The van der Waals surface area contributed by atoms with Crippen LogP contribution in [-0.4, -0.2) is 44.0 Å². The van der Waals surface area contributed by atoms with E-state index < -0.39 is 0 Å². The average Bonchev–Trinajstić information content (AvgIpc) is 3.25. The smallest absolute Gasteiger partial charge is 0.127 e. The van der Waals surface area contributed by atoms with Crippen LogP contribution in [-0.2, 0) is 24.4 Å². The van der Waals surface area contributed by atoms with Gasteiger partial charge in [0.15, 0.2) is 0 Å². The standard InChI is InChI=1S/C27H32N4O/c1-23-4-2-5-26(18-23)21-31-11-3-6-27(31)22-30(13-12-29-14-16-32-17-15-29)20-25-9-7-24(19-28)8-10-25/h2-11,18H,12-17,20-22H2,1H3/p+2. The first-order valence-corrected chi connectivity index (χ1v) is 11.6. The number of hydrogen-bond acceptors (Lipinski definition) is 2. The van der Waals surface area contributed by atoms with Gasteiger partial charge >= 0.3 is 0 Å². The molecule has 1 atom stereocenters. The summed E-state index contributed by atoms with van der Waals surface area (Å²) >= 11 is 0. The number of nitrogens with zero attached hydrogens (tertiary/aromatic N) is 2. The van der Waals surface area contributed by atoms with E-state index in [-0.39, 0.29) is 0 Å². The van der Waals surface area contributed by atoms with Gasteiger partial charge in [0.25, 0.3) is 0 Å². The van der Waals surface area contributed by atoms with E-state index in [1.165, 1.54) is 22.4 Å². The van der Waals surface area contributed by atoms with Gasteiger partial charge in [-0.2, -0.15) is 5.26 Å². The number of ether oxygens (including phenoxy) is 1. The number of rotatable bonds is 9. The van der Waals surface area contributed by atoms with Crippen molar-refractivity contribution in [2.75, 3.05) is 39.4 Å². The third kappa shape index (κ3) is 6.30. The third-order valence-electron chi connectivity index (χ3n) is 6.36. The van der Waals surface area contributed by atoms with Crippen LogP contribution in [0.3, 0.4) is 0 Å². The summed E-state index contributed by atoms with van der Waals surface area (Å²) in [6, 6.07) is 23.5. The minimum Gasteiger partial charge on any atom is -0.370 e. The van der Waals surface area contributed by atoms with E-state index in [9.17, 15) is 0 Å². The van der Waals surface area contributed by atoms with E-state index >= 15 is 0 Å². The molecular weight excluding hydrogens is 396 g/mol. The van der Waals surface area contributed by atoms with Gasteiger partial charge in [0.1, 0.15) is 39.3 Å². The lowest BCUT2D eigenvalue weighted by Gasteiger charge is -2.26. The highest BCUT2D eigenvalue weighted by Crippen LogP contribution is 2.10. The summed E-state index contributed by atoms with van der Waals surface area (Å²) in [4.78, 5) is 3.20. The Morgan fingerprint density at radius 3 is 2.56 bits per heavy atom. The third-order valence-corrected chi connectivity index (χ3v) is 6.36. The molecule has 1 aromatic heterocycles. The van der Waals surface area contributed by atoms with Crippen LogP contribution in [0.2, 0.25) is 0 Å². The van der Waals surface area contributed by atoms with Crippen molar-refractivity contribution < 1.29 is 14.5 Å². The molecule has 0 amide bonds. The maximum atomic E-state index is 9.11. The van der Waals surface area contributed by atoms with Crippen LogP contribution in [0.25, 0.3) is 0 Å². The quantitative estimate of drug-likeness (QED) is 0.536. The molecule has 166 valence electrons. The molecule has 1 unspecified atom stereocenters. The molecule has 5 heteroatoms. The molecule has 0 saturated carbocycles. The normalized spacial score (nSPS) is 15.4. The summed E-state index contributed by atoms with van der Waals surface area (Å²) in [6.07, 6.45) is 2.20. The number of nitriles is 1. The Morgan fingerprint density at radius 2 is 1.81 bits per heavy atom. The number of quaternary nitrogens is 2. The number of nitrogens with one attached hydrogen (secondary N) is 2. The lowest BCUT2D eigenvalue weighted by atomic mass is 10.1. The van der Waals surface area contributed by atoms with Gasteiger partial charge in [-0.1, -0.05) is 42.0 Å². The maximum Gasteiger partial charge on any atom is 0.127 e. The van der Waals surface area contributed by atoms with Crippen molar-refractivity contribution >= 4 is 0 Å². The van der Waals surface area contributed by atoms with Gasteiger partial charge in [-0.15, -0.1) is 0 Å². The summed E-state index contributed by atoms with van der Waals surface area (Å²) in [5.41, 5.74) is 6.02.